The van der Waals surface area contributed by atoms with E-state index < -0.39 is 9.84 Å². The van der Waals surface area contributed by atoms with Gasteiger partial charge in [0, 0.05) is 16.9 Å². The van der Waals surface area contributed by atoms with Crippen LogP contribution in [0.5, 0.6) is 0 Å². The van der Waals surface area contributed by atoms with Gasteiger partial charge in [0.1, 0.15) is 6.04 Å². The predicted molar refractivity (Wildman–Crippen MR) is 84.4 cm³/mol. The van der Waals surface area contributed by atoms with Crippen LogP contribution >= 0.6 is 11.8 Å². The van der Waals surface area contributed by atoms with Crippen LogP contribution in [-0.2, 0) is 19.4 Å². The lowest BCUT2D eigenvalue weighted by Gasteiger charge is -2.15. The lowest BCUT2D eigenvalue weighted by molar-refractivity contribution is -0.144. The van der Waals surface area contributed by atoms with Gasteiger partial charge in [-0.05, 0) is 37.7 Å². The second-order valence-corrected chi connectivity index (χ2v) is 7.53. The first-order valence-electron chi connectivity index (χ1n) is 6.71. The van der Waals surface area contributed by atoms with Crippen molar-refractivity contribution in [1.82, 2.24) is 5.32 Å². The Balaban J connectivity index is 2.65. The van der Waals surface area contributed by atoms with Gasteiger partial charge in [0.2, 0.25) is 0 Å². The number of sulfone groups is 1. The van der Waals surface area contributed by atoms with Gasteiger partial charge < -0.3 is 10.1 Å². The van der Waals surface area contributed by atoms with Crippen LogP contribution in [0.25, 0.3) is 0 Å². The van der Waals surface area contributed by atoms with Crippen molar-refractivity contribution in [3.8, 4) is 0 Å². The van der Waals surface area contributed by atoms with Crippen molar-refractivity contribution in [2.45, 2.75) is 29.7 Å². The number of hydrogen-bond acceptors (Lipinski definition) is 6. The minimum Gasteiger partial charge on any atom is -0.465 e. The summed E-state index contributed by atoms with van der Waals surface area (Å²) in [6.07, 6.45) is 1.18. The van der Waals surface area contributed by atoms with Crippen LogP contribution in [0.2, 0.25) is 0 Å². The molecule has 1 aromatic carbocycles. The van der Waals surface area contributed by atoms with Gasteiger partial charge in [-0.1, -0.05) is 6.92 Å². The monoisotopic (exact) mass is 331 g/mol. The van der Waals surface area contributed by atoms with Crippen LogP contribution in [0.3, 0.4) is 0 Å². The van der Waals surface area contributed by atoms with Crippen LogP contribution in [0.15, 0.2) is 34.1 Å². The van der Waals surface area contributed by atoms with Crippen molar-refractivity contribution in [2.75, 3.05) is 25.2 Å². The van der Waals surface area contributed by atoms with Crippen LogP contribution < -0.4 is 5.32 Å². The summed E-state index contributed by atoms with van der Waals surface area (Å²) in [5.74, 6) is 0.268. The van der Waals surface area contributed by atoms with Crippen LogP contribution in [0.4, 0.5) is 0 Å². The molecule has 0 aliphatic rings. The van der Waals surface area contributed by atoms with Gasteiger partial charge in [-0.2, -0.15) is 0 Å². The third-order valence-corrected chi connectivity index (χ3v) is 4.92. The summed E-state index contributed by atoms with van der Waals surface area (Å²) >= 11 is 1.48. The Morgan fingerprint density at radius 1 is 1.29 bits per heavy atom. The van der Waals surface area contributed by atoms with E-state index in [0.717, 1.165) is 4.90 Å². The Morgan fingerprint density at radius 3 is 2.38 bits per heavy atom. The highest BCUT2D eigenvalue weighted by atomic mass is 32.2. The fraction of sp³-hybridized carbons (Fsp3) is 0.500. The first-order chi connectivity index (χ1) is 9.88. The Bertz CT molecular complexity index is 555. The molecule has 0 aromatic heterocycles. The van der Waals surface area contributed by atoms with Crippen molar-refractivity contribution in [3.63, 3.8) is 0 Å². The number of thioether (sulfide) groups is 1. The standard InChI is InChI=1S/C14H21NO4S2/c1-4-15-13(14(16)19-5-2)10-20-11-6-8-12(9-7-11)21(3,17)18/h6-9,13,15H,4-5,10H2,1-3H3. The Hall–Kier alpha value is -1.05. The molecule has 5 nitrogen and oxygen atoms in total. The molecule has 21 heavy (non-hydrogen) atoms. The van der Waals surface area contributed by atoms with E-state index in [1.807, 2.05) is 6.92 Å². The van der Waals surface area contributed by atoms with Gasteiger partial charge in [-0.15, -0.1) is 11.8 Å². The number of nitrogens with one attached hydrogen (secondary N) is 1. The van der Waals surface area contributed by atoms with E-state index >= 15 is 0 Å². The van der Waals surface area contributed by atoms with Gasteiger partial charge in [0.05, 0.1) is 11.5 Å². The molecule has 0 radical (unpaired) electrons. The number of ether oxygens (including phenoxy) is 1. The molecule has 0 bridgehead atoms. The van der Waals surface area contributed by atoms with Gasteiger partial charge >= 0.3 is 5.97 Å². The lowest BCUT2D eigenvalue weighted by Crippen LogP contribution is -2.40. The number of carbonyl (C=O) groups is 1. The molecule has 1 N–H and O–H groups in total. The van der Waals surface area contributed by atoms with E-state index in [-0.39, 0.29) is 12.0 Å². The molecule has 0 saturated carbocycles. The van der Waals surface area contributed by atoms with Crippen molar-refractivity contribution >= 4 is 27.6 Å². The van der Waals surface area contributed by atoms with E-state index in [0.29, 0.717) is 23.8 Å². The fourth-order valence-electron chi connectivity index (χ4n) is 1.66. The molecular formula is C14H21NO4S2. The van der Waals surface area contributed by atoms with Crippen molar-refractivity contribution in [2.24, 2.45) is 0 Å². The van der Waals surface area contributed by atoms with E-state index in [1.165, 1.54) is 18.0 Å². The SMILES string of the molecule is CCNC(CSc1ccc(S(C)(=O)=O)cc1)C(=O)OCC. The zero-order chi connectivity index (χ0) is 15.9. The average Bonchev–Trinajstić information content (AvgIpc) is 2.43. The van der Waals surface area contributed by atoms with E-state index in [2.05, 4.69) is 5.32 Å². The van der Waals surface area contributed by atoms with E-state index in [9.17, 15) is 13.2 Å². The maximum atomic E-state index is 11.8. The summed E-state index contributed by atoms with van der Waals surface area (Å²) in [6, 6.07) is 6.27. The minimum absolute atomic E-state index is 0.264. The smallest absolute Gasteiger partial charge is 0.323 e. The summed E-state index contributed by atoms with van der Waals surface area (Å²) in [5, 5.41) is 3.08. The molecular weight excluding hydrogens is 310 g/mol. The Labute approximate surface area is 130 Å². The summed E-state index contributed by atoms with van der Waals surface area (Å²) in [6.45, 7) is 4.74. The molecule has 1 unspecified atom stereocenters. The molecule has 1 atom stereocenters. The first kappa shape index (κ1) is 18.0. The molecule has 1 rings (SSSR count). The topological polar surface area (TPSA) is 72.5 Å². The summed E-state index contributed by atoms with van der Waals surface area (Å²) in [5.41, 5.74) is 0. The number of hydrogen-bond donors (Lipinski definition) is 1. The molecule has 1 aromatic rings. The van der Waals surface area contributed by atoms with Gasteiger partial charge in [-0.3, -0.25) is 4.79 Å². The molecule has 0 aliphatic carbocycles. The largest absolute Gasteiger partial charge is 0.465 e. The molecule has 118 valence electrons. The van der Waals surface area contributed by atoms with Crippen molar-refractivity contribution < 1.29 is 17.9 Å². The lowest BCUT2D eigenvalue weighted by atomic mass is 10.3. The van der Waals surface area contributed by atoms with Crippen molar-refractivity contribution in [1.29, 1.82) is 0 Å². The van der Waals surface area contributed by atoms with E-state index in [1.54, 1.807) is 31.2 Å². The van der Waals surface area contributed by atoms with E-state index in [4.69, 9.17) is 4.74 Å². The third-order valence-electron chi connectivity index (χ3n) is 2.69. The number of benzene rings is 1. The molecule has 0 fully saturated rings. The summed E-state index contributed by atoms with van der Waals surface area (Å²) in [4.78, 5) is 13.0. The molecule has 0 aliphatic heterocycles. The molecule has 7 heteroatoms. The zero-order valence-electron chi connectivity index (χ0n) is 12.5. The predicted octanol–water partition coefficient (Wildman–Crippen LogP) is 1.72. The van der Waals surface area contributed by atoms with Crippen LogP contribution in [0, 0.1) is 0 Å². The van der Waals surface area contributed by atoms with Gasteiger partial charge in [0.25, 0.3) is 0 Å². The van der Waals surface area contributed by atoms with Gasteiger partial charge in [0.15, 0.2) is 9.84 Å². The highest BCUT2D eigenvalue weighted by Crippen LogP contribution is 2.21. The van der Waals surface area contributed by atoms with Gasteiger partial charge in [-0.25, -0.2) is 8.42 Å². The minimum atomic E-state index is -3.18. The fourth-order valence-corrected chi connectivity index (χ4v) is 3.23. The second-order valence-electron chi connectivity index (χ2n) is 4.42. The maximum Gasteiger partial charge on any atom is 0.323 e. The number of likely N-dealkylation sites (N-methyl/N-ethyl adjacent to an activating group) is 1. The molecule has 0 amide bonds. The Morgan fingerprint density at radius 2 is 1.90 bits per heavy atom. The second kappa shape index (κ2) is 8.41. The number of rotatable bonds is 8. The maximum absolute atomic E-state index is 11.8. The first-order valence-corrected chi connectivity index (χ1v) is 9.59. The summed E-state index contributed by atoms with van der Waals surface area (Å²) in [7, 11) is -3.18. The average molecular weight is 331 g/mol. The quantitative estimate of drug-likeness (QED) is 0.578. The van der Waals surface area contributed by atoms with Crippen LogP contribution in [0.1, 0.15) is 13.8 Å². The normalized spacial score (nSPS) is 12.9. The van der Waals surface area contributed by atoms with Crippen LogP contribution in [-0.4, -0.2) is 45.6 Å². The summed E-state index contributed by atoms with van der Waals surface area (Å²) < 4.78 is 27.8. The Kier molecular flexibility index (Phi) is 7.21. The number of esters is 1. The molecule has 0 saturated heterocycles. The zero-order valence-corrected chi connectivity index (χ0v) is 14.1. The molecule has 0 spiro atoms. The number of carbonyl (C=O) groups excluding carboxylic acids is 1. The third kappa shape index (κ3) is 6.07. The highest BCUT2D eigenvalue weighted by molar-refractivity contribution is 7.99. The molecule has 0 heterocycles. The highest BCUT2D eigenvalue weighted by Gasteiger charge is 2.18. The van der Waals surface area contributed by atoms with Crippen molar-refractivity contribution in [3.05, 3.63) is 24.3 Å².